The molecule has 1 aromatic heterocycles. The Labute approximate surface area is 187 Å². The summed E-state index contributed by atoms with van der Waals surface area (Å²) in [6.07, 6.45) is 1.65. The number of rotatable bonds is 5. The van der Waals surface area contributed by atoms with Gasteiger partial charge in [0.05, 0.1) is 24.6 Å². The first-order valence-electron chi connectivity index (χ1n) is 10.6. The molecule has 7 nitrogen and oxygen atoms in total. The van der Waals surface area contributed by atoms with Crippen molar-refractivity contribution in [3.8, 4) is 5.75 Å². The van der Waals surface area contributed by atoms with Crippen LogP contribution in [-0.2, 0) is 0 Å². The number of methoxy groups -OCH3 is 1. The largest absolute Gasteiger partial charge is 0.496 e. The van der Waals surface area contributed by atoms with Gasteiger partial charge in [-0.1, -0.05) is 30.3 Å². The monoisotopic (exact) mass is 430 g/mol. The Morgan fingerprint density at radius 1 is 0.906 bits per heavy atom. The highest BCUT2D eigenvalue weighted by Gasteiger charge is 2.23. The summed E-state index contributed by atoms with van der Waals surface area (Å²) < 4.78 is 5.25. The van der Waals surface area contributed by atoms with E-state index in [4.69, 9.17) is 4.74 Å². The number of hydrogen-bond acceptors (Lipinski definition) is 5. The Kier molecular flexibility index (Phi) is 6.35. The van der Waals surface area contributed by atoms with E-state index in [0.717, 1.165) is 16.9 Å². The van der Waals surface area contributed by atoms with E-state index in [0.29, 0.717) is 43.2 Å². The summed E-state index contributed by atoms with van der Waals surface area (Å²) in [5.74, 6) is 1.17. The van der Waals surface area contributed by atoms with E-state index in [2.05, 4.69) is 15.2 Å². The normalized spacial score (nSPS) is 13.6. The molecule has 1 aliphatic heterocycles. The molecule has 164 valence electrons. The van der Waals surface area contributed by atoms with Crippen molar-refractivity contribution in [2.24, 2.45) is 0 Å². The molecule has 32 heavy (non-hydrogen) atoms. The van der Waals surface area contributed by atoms with Gasteiger partial charge in [0.15, 0.2) is 0 Å². The minimum Gasteiger partial charge on any atom is -0.496 e. The Bertz CT molecular complexity index is 1110. The maximum atomic E-state index is 12.8. The number of anilines is 2. The third kappa shape index (κ3) is 4.56. The predicted octanol–water partition coefficient (Wildman–Crippen LogP) is 3.61. The van der Waals surface area contributed by atoms with Gasteiger partial charge < -0.3 is 19.9 Å². The molecule has 1 aliphatic rings. The lowest BCUT2D eigenvalue weighted by Crippen LogP contribution is -2.49. The number of aryl methyl sites for hydroxylation is 1. The number of amides is 2. The zero-order valence-corrected chi connectivity index (χ0v) is 18.2. The van der Waals surface area contributed by atoms with Crippen molar-refractivity contribution < 1.29 is 14.3 Å². The van der Waals surface area contributed by atoms with Gasteiger partial charge in [0.1, 0.15) is 11.6 Å². The first-order chi connectivity index (χ1) is 15.6. The molecule has 0 aliphatic carbocycles. The summed E-state index contributed by atoms with van der Waals surface area (Å²) in [4.78, 5) is 33.9. The summed E-state index contributed by atoms with van der Waals surface area (Å²) >= 11 is 0. The van der Waals surface area contributed by atoms with Crippen LogP contribution in [0.1, 0.15) is 26.3 Å². The van der Waals surface area contributed by atoms with E-state index in [1.54, 1.807) is 24.4 Å². The van der Waals surface area contributed by atoms with Gasteiger partial charge in [-0.25, -0.2) is 4.98 Å². The van der Waals surface area contributed by atoms with Crippen LogP contribution in [0.4, 0.5) is 11.5 Å². The number of carbonyl (C=O) groups excluding carboxylic acids is 2. The van der Waals surface area contributed by atoms with Crippen LogP contribution in [0.2, 0.25) is 0 Å². The van der Waals surface area contributed by atoms with Crippen molar-refractivity contribution in [3.05, 3.63) is 83.6 Å². The van der Waals surface area contributed by atoms with E-state index in [9.17, 15) is 9.59 Å². The Balaban J connectivity index is 1.35. The van der Waals surface area contributed by atoms with Gasteiger partial charge in [-0.05, 0) is 42.8 Å². The molecule has 0 bridgehead atoms. The molecule has 1 saturated heterocycles. The van der Waals surface area contributed by atoms with E-state index >= 15 is 0 Å². The second-order valence-corrected chi connectivity index (χ2v) is 7.65. The summed E-state index contributed by atoms with van der Waals surface area (Å²) in [7, 11) is 1.54. The molecule has 0 radical (unpaired) electrons. The third-order valence-electron chi connectivity index (χ3n) is 5.62. The van der Waals surface area contributed by atoms with E-state index in [1.807, 2.05) is 54.3 Å². The molecule has 7 heteroatoms. The van der Waals surface area contributed by atoms with Gasteiger partial charge in [-0.3, -0.25) is 9.59 Å². The van der Waals surface area contributed by atoms with Crippen molar-refractivity contribution in [2.45, 2.75) is 6.92 Å². The van der Waals surface area contributed by atoms with Crippen LogP contribution < -0.4 is 15.0 Å². The van der Waals surface area contributed by atoms with Crippen LogP contribution in [-0.4, -0.2) is 55.0 Å². The topological polar surface area (TPSA) is 74.8 Å². The van der Waals surface area contributed by atoms with Crippen molar-refractivity contribution in [2.75, 3.05) is 43.5 Å². The second kappa shape index (κ2) is 9.51. The van der Waals surface area contributed by atoms with Gasteiger partial charge in [0.2, 0.25) is 0 Å². The number of nitrogens with one attached hydrogen (secondary N) is 1. The third-order valence-corrected chi connectivity index (χ3v) is 5.62. The van der Waals surface area contributed by atoms with Gasteiger partial charge in [-0.15, -0.1) is 0 Å². The number of piperazine rings is 1. The minimum atomic E-state index is -0.250. The van der Waals surface area contributed by atoms with Crippen LogP contribution in [0.3, 0.4) is 0 Å². The lowest BCUT2D eigenvalue weighted by molar-refractivity contribution is 0.0745. The van der Waals surface area contributed by atoms with Crippen LogP contribution in [0.5, 0.6) is 5.75 Å². The Morgan fingerprint density at radius 3 is 2.25 bits per heavy atom. The summed E-state index contributed by atoms with van der Waals surface area (Å²) in [5, 5.41) is 2.86. The first kappa shape index (κ1) is 21.4. The number of carbonyl (C=O) groups is 2. The van der Waals surface area contributed by atoms with Crippen molar-refractivity contribution >= 4 is 23.3 Å². The molecule has 0 spiro atoms. The van der Waals surface area contributed by atoms with Gasteiger partial charge in [-0.2, -0.15) is 0 Å². The standard InChI is InChI=1S/C25H26N4O3/c1-18-7-3-4-8-20(18)25(31)29-15-13-28(14-16-29)23-12-11-19(17-26-23)27-24(30)21-9-5-6-10-22(21)32-2/h3-12,17H,13-16H2,1-2H3,(H,27,30). The van der Waals surface area contributed by atoms with Crippen molar-refractivity contribution in [1.82, 2.24) is 9.88 Å². The number of benzene rings is 2. The Morgan fingerprint density at radius 2 is 1.59 bits per heavy atom. The molecular weight excluding hydrogens is 404 g/mol. The number of pyridine rings is 1. The fourth-order valence-electron chi connectivity index (χ4n) is 3.80. The second-order valence-electron chi connectivity index (χ2n) is 7.65. The maximum absolute atomic E-state index is 12.8. The average molecular weight is 431 g/mol. The summed E-state index contributed by atoms with van der Waals surface area (Å²) in [5.41, 5.74) is 2.83. The van der Waals surface area contributed by atoms with Crippen LogP contribution in [0.25, 0.3) is 0 Å². The molecule has 3 aromatic rings. The smallest absolute Gasteiger partial charge is 0.259 e. The van der Waals surface area contributed by atoms with Gasteiger partial charge >= 0.3 is 0 Å². The molecule has 1 N–H and O–H groups in total. The maximum Gasteiger partial charge on any atom is 0.259 e. The minimum absolute atomic E-state index is 0.0742. The van der Waals surface area contributed by atoms with Crippen LogP contribution >= 0.6 is 0 Å². The van der Waals surface area contributed by atoms with E-state index < -0.39 is 0 Å². The van der Waals surface area contributed by atoms with Crippen molar-refractivity contribution in [3.63, 3.8) is 0 Å². The highest BCUT2D eigenvalue weighted by atomic mass is 16.5. The predicted molar refractivity (Wildman–Crippen MR) is 124 cm³/mol. The zero-order valence-electron chi connectivity index (χ0n) is 18.2. The highest BCUT2D eigenvalue weighted by Crippen LogP contribution is 2.21. The fraction of sp³-hybridized carbons (Fsp3) is 0.240. The lowest BCUT2D eigenvalue weighted by Gasteiger charge is -2.35. The van der Waals surface area contributed by atoms with Gasteiger partial charge in [0, 0.05) is 31.7 Å². The molecule has 2 heterocycles. The lowest BCUT2D eigenvalue weighted by atomic mass is 10.1. The van der Waals surface area contributed by atoms with Gasteiger partial charge in [0.25, 0.3) is 11.8 Å². The number of nitrogens with zero attached hydrogens (tertiary/aromatic N) is 3. The number of aromatic nitrogens is 1. The molecule has 2 aromatic carbocycles. The van der Waals surface area contributed by atoms with Crippen LogP contribution in [0, 0.1) is 6.92 Å². The summed E-state index contributed by atoms with van der Waals surface area (Å²) in [6.45, 7) is 4.65. The highest BCUT2D eigenvalue weighted by molar-refractivity contribution is 6.06. The molecule has 4 rings (SSSR count). The molecule has 2 amide bonds. The van der Waals surface area contributed by atoms with E-state index in [1.165, 1.54) is 7.11 Å². The summed E-state index contributed by atoms with van der Waals surface area (Å²) in [6, 6.07) is 18.5. The van der Waals surface area contributed by atoms with Crippen molar-refractivity contribution in [1.29, 1.82) is 0 Å². The molecule has 0 atom stereocenters. The average Bonchev–Trinajstić information content (AvgIpc) is 2.84. The Hall–Kier alpha value is -3.87. The quantitative estimate of drug-likeness (QED) is 0.669. The van der Waals surface area contributed by atoms with Crippen LogP contribution in [0.15, 0.2) is 66.9 Å². The van der Waals surface area contributed by atoms with E-state index in [-0.39, 0.29) is 11.8 Å². The molecule has 0 saturated carbocycles. The number of ether oxygens (including phenoxy) is 1. The molecule has 0 unspecified atom stereocenters. The number of para-hydroxylation sites is 1. The molecule has 1 fully saturated rings. The zero-order chi connectivity index (χ0) is 22.5. The fourth-order valence-corrected chi connectivity index (χ4v) is 3.80. The molecular formula is C25H26N4O3. The number of hydrogen-bond donors (Lipinski definition) is 1. The SMILES string of the molecule is COc1ccccc1C(=O)Nc1ccc(N2CCN(C(=O)c3ccccc3C)CC2)nc1. The first-order valence-corrected chi connectivity index (χ1v) is 10.6.